The van der Waals surface area contributed by atoms with Gasteiger partial charge in [-0.15, -0.1) is 0 Å². The topological polar surface area (TPSA) is 67.2 Å². The first kappa shape index (κ1) is 24.0. The summed E-state index contributed by atoms with van der Waals surface area (Å²) in [4.78, 5) is 33.2. The van der Waals surface area contributed by atoms with Gasteiger partial charge in [-0.1, -0.05) is 61.7 Å². The predicted octanol–water partition coefficient (Wildman–Crippen LogP) is 5.23. The van der Waals surface area contributed by atoms with Gasteiger partial charge in [0.15, 0.2) is 0 Å². The van der Waals surface area contributed by atoms with E-state index in [0.717, 1.165) is 48.1 Å². The van der Waals surface area contributed by atoms with Crippen LogP contribution in [0, 0.1) is 5.92 Å². The molecule has 1 N–H and O–H groups in total. The molecule has 1 atom stereocenters. The second kappa shape index (κ2) is 10.9. The molecule has 4 rings (SSSR count). The Kier molecular flexibility index (Phi) is 7.66. The maximum absolute atomic E-state index is 13.5. The highest BCUT2D eigenvalue weighted by atomic mass is 16.2. The molecule has 34 heavy (non-hydrogen) atoms. The number of benzene rings is 2. The molecule has 1 heterocycles. The Hall–Kier alpha value is -3.15. The summed E-state index contributed by atoms with van der Waals surface area (Å²) >= 11 is 0. The second-order valence-corrected chi connectivity index (χ2v) is 9.71. The third kappa shape index (κ3) is 5.49. The van der Waals surface area contributed by atoms with Gasteiger partial charge >= 0.3 is 0 Å². The largest absolute Gasteiger partial charge is 0.346 e. The van der Waals surface area contributed by atoms with Crippen molar-refractivity contribution >= 4 is 22.8 Å². The standard InChI is InChI=1S/C28H36N4O2/c1-20(2)31(18-22-12-6-4-7-13-22)26(33)19-32-25-17-11-10-16-24(25)30-27(32)21(3)29-28(34)23-14-8-5-9-15-23/h4,6-7,10-13,16-17,20-21,23H,5,8-9,14-15,18-19H2,1-3H3,(H,29,34). The summed E-state index contributed by atoms with van der Waals surface area (Å²) in [6.45, 7) is 6.80. The molecule has 1 aromatic heterocycles. The molecule has 0 bridgehead atoms. The molecule has 6 nitrogen and oxygen atoms in total. The summed E-state index contributed by atoms with van der Waals surface area (Å²) in [6, 6.07) is 17.7. The Morgan fingerprint density at radius 1 is 1.00 bits per heavy atom. The molecule has 3 aromatic rings. The number of aromatic nitrogens is 2. The lowest BCUT2D eigenvalue weighted by atomic mass is 9.88. The Balaban J connectivity index is 1.57. The van der Waals surface area contributed by atoms with Crippen molar-refractivity contribution in [2.75, 3.05) is 0 Å². The van der Waals surface area contributed by atoms with E-state index in [2.05, 4.69) is 5.32 Å². The Bertz CT molecular complexity index is 1120. The van der Waals surface area contributed by atoms with E-state index in [0.29, 0.717) is 6.54 Å². The van der Waals surface area contributed by atoms with Crippen LogP contribution in [0.5, 0.6) is 0 Å². The first-order chi connectivity index (χ1) is 16.4. The number of hydrogen-bond donors (Lipinski definition) is 1. The predicted molar refractivity (Wildman–Crippen MR) is 135 cm³/mol. The smallest absolute Gasteiger partial charge is 0.243 e. The summed E-state index contributed by atoms with van der Waals surface area (Å²) in [5.41, 5.74) is 2.85. The van der Waals surface area contributed by atoms with Crippen LogP contribution in [0.15, 0.2) is 54.6 Å². The molecule has 1 unspecified atom stereocenters. The van der Waals surface area contributed by atoms with Gasteiger partial charge in [0.05, 0.1) is 17.1 Å². The van der Waals surface area contributed by atoms with E-state index in [-0.39, 0.29) is 36.4 Å². The lowest BCUT2D eigenvalue weighted by Gasteiger charge is -2.28. The van der Waals surface area contributed by atoms with Gasteiger partial charge in [-0.25, -0.2) is 4.98 Å². The van der Waals surface area contributed by atoms with E-state index < -0.39 is 0 Å². The Morgan fingerprint density at radius 2 is 1.68 bits per heavy atom. The zero-order chi connectivity index (χ0) is 24.1. The number of rotatable bonds is 8. The van der Waals surface area contributed by atoms with Crippen LogP contribution < -0.4 is 5.32 Å². The first-order valence-electron chi connectivity index (χ1n) is 12.5. The molecule has 2 amide bonds. The molecule has 6 heteroatoms. The SMILES string of the molecule is CC(NC(=O)C1CCCCC1)c1nc2ccccc2n1CC(=O)N(Cc1ccccc1)C(C)C. The molecule has 1 aliphatic carbocycles. The fraction of sp³-hybridized carbons (Fsp3) is 0.464. The number of fused-ring (bicyclic) bond motifs is 1. The second-order valence-electron chi connectivity index (χ2n) is 9.71. The molecular weight excluding hydrogens is 424 g/mol. The number of nitrogens with one attached hydrogen (secondary N) is 1. The lowest BCUT2D eigenvalue weighted by molar-refractivity contribution is -0.134. The van der Waals surface area contributed by atoms with Crippen molar-refractivity contribution in [3.05, 3.63) is 66.0 Å². The average Bonchev–Trinajstić information content (AvgIpc) is 3.22. The summed E-state index contributed by atoms with van der Waals surface area (Å²) in [6.07, 6.45) is 5.36. The minimum absolute atomic E-state index is 0.0362. The highest BCUT2D eigenvalue weighted by Gasteiger charge is 2.26. The molecule has 0 saturated heterocycles. The summed E-state index contributed by atoms with van der Waals surface area (Å²) < 4.78 is 1.98. The van der Waals surface area contributed by atoms with Gasteiger partial charge in [-0.3, -0.25) is 9.59 Å². The van der Waals surface area contributed by atoms with Crippen molar-refractivity contribution in [1.82, 2.24) is 19.8 Å². The maximum Gasteiger partial charge on any atom is 0.243 e. The molecule has 0 radical (unpaired) electrons. The third-order valence-electron chi connectivity index (χ3n) is 6.84. The highest BCUT2D eigenvalue weighted by molar-refractivity contribution is 5.82. The van der Waals surface area contributed by atoms with Crippen molar-refractivity contribution in [2.24, 2.45) is 5.92 Å². The van der Waals surface area contributed by atoms with Crippen LogP contribution in [-0.2, 0) is 22.7 Å². The van der Waals surface area contributed by atoms with Gasteiger partial charge in [0, 0.05) is 18.5 Å². The molecule has 1 saturated carbocycles. The van der Waals surface area contributed by atoms with Gasteiger partial charge in [-0.05, 0) is 51.3 Å². The monoisotopic (exact) mass is 460 g/mol. The zero-order valence-corrected chi connectivity index (χ0v) is 20.5. The zero-order valence-electron chi connectivity index (χ0n) is 20.5. The number of amides is 2. The minimum Gasteiger partial charge on any atom is -0.346 e. The molecule has 0 spiro atoms. The van der Waals surface area contributed by atoms with Crippen LogP contribution in [0.1, 0.15) is 70.3 Å². The van der Waals surface area contributed by atoms with Crippen LogP contribution in [0.2, 0.25) is 0 Å². The quantitative estimate of drug-likeness (QED) is 0.500. The molecule has 2 aromatic carbocycles. The fourth-order valence-corrected chi connectivity index (χ4v) is 4.92. The van der Waals surface area contributed by atoms with Gasteiger partial charge < -0.3 is 14.8 Å². The number of imidazole rings is 1. The van der Waals surface area contributed by atoms with Gasteiger partial charge in [0.2, 0.25) is 11.8 Å². The summed E-state index contributed by atoms with van der Waals surface area (Å²) in [5.74, 6) is 0.944. The number of carbonyl (C=O) groups is 2. The van der Waals surface area contributed by atoms with Crippen LogP contribution in [-0.4, -0.2) is 32.3 Å². The van der Waals surface area contributed by atoms with E-state index in [1.165, 1.54) is 6.42 Å². The first-order valence-corrected chi connectivity index (χ1v) is 12.5. The van der Waals surface area contributed by atoms with E-state index in [4.69, 9.17) is 4.98 Å². The van der Waals surface area contributed by atoms with Crippen molar-refractivity contribution in [3.8, 4) is 0 Å². The van der Waals surface area contributed by atoms with Crippen LogP contribution in [0.4, 0.5) is 0 Å². The van der Waals surface area contributed by atoms with E-state index in [1.54, 1.807) is 0 Å². The molecule has 0 aliphatic heterocycles. The van der Waals surface area contributed by atoms with E-state index in [9.17, 15) is 9.59 Å². The lowest BCUT2D eigenvalue weighted by Crippen LogP contribution is -2.39. The minimum atomic E-state index is -0.281. The molecular formula is C28H36N4O2. The van der Waals surface area contributed by atoms with Crippen LogP contribution in [0.25, 0.3) is 11.0 Å². The van der Waals surface area contributed by atoms with Gasteiger partial charge in [0.25, 0.3) is 0 Å². The molecule has 1 fully saturated rings. The molecule has 180 valence electrons. The summed E-state index contributed by atoms with van der Waals surface area (Å²) in [5, 5.41) is 3.19. The third-order valence-corrected chi connectivity index (χ3v) is 6.84. The van der Waals surface area contributed by atoms with Crippen LogP contribution in [0.3, 0.4) is 0 Å². The van der Waals surface area contributed by atoms with Crippen molar-refractivity contribution in [1.29, 1.82) is 0 Å². The van der Waals surface area contributed by atoms with Gasteiger partial charge in [-0.2, -0.15) is 0 Å². The summed E-state index contributed by atoms with van der Waals surface area (Å²) in [7, 11) is 0. The Labute approximate surface area is 202 Å². The fourth-order valence-electron chi connectivity index (χ4n) is 4.92. The number of hydrogen-bond acceptors (Lipinski definition) is 3. The van der Waals surface area contributed by atoms with E-state index >= 15 is 0 Å². The number of para-hydroxylation sites is 2. The highest BCUT2D eigenvalue weighted by Crippen LogP contribution is 2.26. The van der Waals surface area contributed by atoms with Crippen molar-refractivity contribution < 1.29 is 9.59 Å². The normalized spacial score (nSPS) is 15.4. The van der Waals surface area contributed by atoms with Crippen molar-refractivity contribution in [2.45, 2.75) is 78.0 Å². The Morgan fingerprint density at radius 3 is 2.38 bits per heavy atom. The van der Waals surface area contributed by atoms with Crippen molar-refractivity contribution in [3.63, 3.8) is 0 Å². The van der Waals surface area contributed by atoms with E-state index in [1.807, 2.05) is 84.8 Å². The van der Waals surface area contributed by atoms with Crippen LogP contribution >= 0.6 is 0 Å². The van der Waals surface area contributed by atoms with Gasteiger partial charge in [0.1, 0.15) is 12.4 Å². The number of nitrogens with zero attached hydrogens (tertiary/aromatic N) is 3. The number of carbonyl (C=O) groups excluding carboxylic acids is 2. The average molecular weight is 461 g/mol. The maximum atomic E-state index is 13.5. The molecule has 1 aliphatic rings.